The van der Waals surface area contributed by atoms with E-state index in [1.807, 2.05) is 52.9 Å². The Morgan fingerprint density at radius 2 is 1.75 bits per heavy atom. The number of hydrogen-bond donors (Lipinski definition) is 1. The summed E-state index contributed by atoms with van der Waals surface area (Å²) >= 11 is 1.97. The Morgan fingerprint density at radius 1 is 1.15 bits per heavy atom. The van der Waals surface area contributed by atoms with E-state index in [1.54, 1.807) is 26.2 Å². The molecule has 2 rings (SSSR count). The summed E-state index contributed by atoms with van der Waals surface area (Å²) in [6.45, 7) is 1.72. The van der Waals surface area contributed by atoms with Crippen molar-refractivity contribution in [2.75, 3.05) is 7.11 Å². The fraction of sp³-hybridized carbons (Fsp3) is 0.188. The molecular weight excluding hydrogens is 365 g/mol. The van der Waals surface area contributed by atoms with Crippen molar-refractivity contribution in [3.8, 4) is 22.9 Å². The highest BCUT2D eigenvalue weighted by atomic mass is 127. The summed E-state index contributed by atoms with van der Waals surface area (Å²) in [6.07, 6.45) is 0. The molecule has 0 saturated carbocycles. The summed E-state index contributed by atoms with van der Waals surface area (Å²) < 4.78 is 4.28. The molecule has 2 aromatic carbocycles. The monoisotopic (exact) mass is 379 g/mol. The number of ether oxygens (including phenoxy) is 1. The Bertz CT molecular complexity index is 652. The minimum Gasteiger partial charge on any atom is -0.496 e. The predicted molar refractivity (Wildman–Crippen MR) is 86.7 cm³/mol. The largest absolute Gasteiger partial charge is 0.496 e. The molecule has 4 heteroatoms. The summed E-state index contributed by atoms with van der Waals surface area (Å²) in [7, 11) is 1.59. The van der Waals surface area contributed by atoms with Gasteiger partial charge < -0.3 is 9.84 Å². The minimum absolute atomic E-state index is 0.628. The molecule has 0 aliphatic rings. The molecule has 20 heavy (non-hydrogen) atoms. The van der Waals surface area contributed by atoms with Crippen LogP contribution in [0.15, 0.2) is 42.5 Å². The Hall–Kier alpha value is -1.58. The van der Waals surface area contributed by atoms with Crippen LogP contribution in [0.2, 0.25) is 0 Å². The van der Waals surface area contributed by atoms with Crippen molar-refractivity contribution in [1.82, 2.24) is 0 Å². The van der Waals surface area contributed by atoms with Gasteiger partial charge in [0.15, 0.2) is 0 Å². The topological polar surface area (TPSA) is 53.2 Å². The van der Waals surface area contributed by atoms with Crippen molar-refractivity contribution in [1.29, 1.82) is 5.26 Å². The third kappa shape index (κ3) is 3.11. The Kier molecular flexibility index (Phi) is 4.31. The quantitative estimate of drug-likeness (QED) is 0.652. The summed E-state index contributed by atoms with van der Waals surface area (Å²) in [5, 5.41) is 19.0. The van der Waals surface area contributed by atoms with Crippen LogP contribution in [0.1, 0.15) is 18.1 Å². The molecule has 3 nitrogen and oxygen atoms in total. The molecule has 102 valence electrons. The number of alkyl halides is 1. The van der Waals surface area contributed by atoms with Crippen LogP contribution < -0.4 is 4.74 Å². The highest BCUT2D eigenvalue weighted by Crippen LogP contribution is 2.37. The average molecular weight is 379 g/mol. The van der Waals surface area contributed by atoms with E-state index in [9.17, 15) is 5.11 Å². The van der Waals surface area contributed by atoms with Gasteiger partial charge in [0.2, 0.25) is 0 Å². The summed E-state index contributed by atoms with van der Waals surface area (Å²) in [5.74, 6) is 0.654. The van der Waals surface area contributed by atoms with Gasteiger partial charge >= 0.3 is 0 Å². The molecule has 0 bridgehead atoms. The van der Waals surface area contributed by atoms with Gasteiger partial charge in [-0.2, -0.15) is 5.26 Å². The molecule has 1 unspecified atom stereocenters. The molecule has 0 saturated heterocycles. The van der Waals surface area contributed by atoms with Crippen molar-refractivity contribution < 1.29 is 9.84 Å². The number of nitrogens with zero attached hydrogens (tertiary/aromatic N) is 1. The van der Waals surface area contributed by atoms with Gasteiger partial charge in [-0.05, 0) is 64.9 Å². The van der Waals surface area contributed by atoms with Crippen molar-refractivity contribution in [2.24, 2.45) is 0 Å². The standard InChI is InChI=1S/C16H14INO2/c1-16(17,19)14-9-13(7-8-15(14)20-2)12-5-3-11(10-18)4-6-12/h3-9,19H,1-2H3. The van der Waals surface area contributed by atoms with E-state index in [2.05, 4.69) is 6.07 Å². The van der Waals surface area contributed by atoms with E-state index in [1.165, 1.54) is 0 Å². The lowest BCUT2D eigenvalue weighted by Crippen LogP contribution is -2.12. The highest BCUT2D eigenvalue weighted by Gasteiger charge is 2.23. The Morgan fingerprint density at radius 3 is 2.25 bits per heavy atom. The summed E-state index contributed by atoms with van der Waals surface area (Å²) in [5.41, 5.74) is 3.32. The van der Waals surface area contributed by atoms with E-state index in [0.29, 0.717) is 11.3 Å². The predicted octanol–water partition coefficient (Wildman–Crippen LogP) is 3.83. The molecule has 0 aromatic heterocycles. The number of benzene rings is 2. The molecule has 0 fully saturated rings. The highest BCUT2D eigenvalue weighted by molar-refractivity contribution is 14.1. The third-order valence-corrected chi connectivity index (χ3v) is 3.62. The molecule has 0 heterocycles. The minimum atomic E-state index is -1.01. The van der Waals surface area contributed by atoms with Gasteiger partial charge in [0, 0.05) is 5.56 Å². The summed E-state index contributed by atoms with van der Waals surface area (Å²) in [4.78, 5) is 0. The molecule has 0 aliphatic heterocycles. The van der Waals surface area contributed by atoms with Gasteiger partial charge in [0.25, 0.3) is 0 Å². The van der Waals surface area contributed by atoms with Gasteiger partial charge in [0.1, 0.15) is 9.36 Å². The van der Waals surface area contributed by atoms with Crippen LogP contribution in [-0.4, -0.2) is 12.2 Å². The lowest BCUT2D eigenvalue weighted by Gasteiger charge is -2.20. The van der Waals surface area contributed by atoms with E-state index in [-0.39, 0.29) is 0 Å². The van der Waals surface area contributed by atoms with Gasteiger partial charge in [-0.3, -0.25) is 0 Å². The number of nitriles is 1. The maximum Gasteiger partial charge on any atom is 0.141 e. The second-order valence-electron chi connectivity index (χ2n) is 4.56. The van der Waals surface area contributed by atoms with Gasteiger partial charge in [0.05, 0.1) is 18.7 Å². The maximum absolute atomic E-state index is 10.2. The van der Waals surface area contributed by atoms with E-state index in [4.69, 9.17) is 10.00 Å². The first-order valence-electron chi connectivity index (χ1n) is 6.06. The number of aliphatic hydroxyl groups is 1. The lowest BCUT2D eigenvalue weighted by atomic mass is 9.99. The van der Waals surface area contributed by atoms with Crippen LogP contribution >= 0.6 is 22.6 Å². The molecule has 2 aromatic rings. The van der Waals surface area contributed by atoms with Crippen molar-refractivity contribution in [3.63, 3.8) is 0 Å². The van der Waals surface area contributed by atoms with Crippen LogP contribution in [0.25, 0.3) is 11.1 Å². The average Bonchev–Trinajstić information content (AvgIpc) is 2.46. The molecule has 0 amide bonds. The van der Waals surface area contributed by atoms with Crippen molar-refractivity contribution in [2.45, 2.75) is 10.5 Å². The molecule has 1 atom stereocenters. The lowest BCUT2D eigenvalue weighted by molar-refractivity contribution is 0.174. The number of halogens is 1. The van der Waals surface area contributed by atoms with E-state index in [0.717, 1.165) is 16.7 Å². The first-order chi connectivity index (χ1) is 9.45. The van der Waals surface area contributed by atoms with Crippen LogP contribution in [0, 0.1) is 11.3 Å². The third-order valence-electron chi connectivity index (χ3n) is 3.04. The van der Waals surface area contributed by atoms with Gasteiger partial charge in [-0.15, -0.1) is 0 Å². The van der Waals surface area contributed by atoms with Crippen LogP contribution in [-0.2, 0) is 3.61 Å². The number of methoxy groups -OCH3 is 1. The number of rotatable bonds is 3. The summed E-state index contributed by atoms with van der Waals surface area (Å²) in [6, 6.07) is 15.1. The van der Waals surface area contributed by atoms with Crippen LogP contribution in [0.3, 0.4) is 0 Å². The molecule has 0 radical (unpaired) electrons. The second-order valence-corrected chi connectivity index (χ2v) is 6.66. The van der Waals surface area contributed by atoms with Crippen LogP contribution in [0.5, 0.6) is 5.75 Å². The fourth-order valence-corrected chi connectivity index (χ4v) is 2.40. The number of hydrogen-bond acceptors (Lipinski definition) is 3. The van der Waals surface area contributed by atoms with E-state index >= 15 is 0 Å². The molecule has 1 N–H and O–H groups in total. The Labute approximate surface area is 132 Å². The normalized spacial score (nSPS) is 13.3. The second kappa shape index (κ2) is 5.81. The fourth-order valence-electron chi connectivity index (χ4n) is 1.98. The molecular formula is C16H14INO2. The first-order valence-corrected chi connectivity index (χ1v) is 7.14. The van der Waals surface area contributed by atoms with E-state index < -0.39 is 3.61 Å². The smallest absolute Gasteiger partial charge is 0.141 e. The molecule has 0 aliphatic carbocycles. The first kappa shape index (κ1) is 14.8. The SMILES string of the molecule is COc1ccc(-c2ccc(C#N)cc2)cc1C(C)(O)I. The van der Waals surface area contributed by atoms with Gasteiger partial charge in [-0.1, -0.05) is 18.2 Å². The molecule has 0 spiro atoms. The maximum atomic E-state index is 10.2. The van der Waals surface area contributed by atoms with Crippen LogP contribution in [0.4, 0.5) is 0 Å². The zero-order chi connectivity index (χ0) is 14.8. The van der Waals surface area contributed by atoms with Gasteiger partial charge in [-0.25, -0.2) is 0 Å². The van der Waals surface area contributed by atoms with Crippen molar-refractivity contribution in [3.05, 3.63) is 53.6 Å². The Balaban J connectivity index is 2.50. The van der Waals surface area contributed by atoms with Crippen molar-refractivity contribution >= 4 is 22.6 Å². The zero-order valence-electron chi connectivity index (χ0n) is 11.2. The zero-order valence-corrected chi connectivity index (χ0v) is 13.4.